The molecule has 1 aliphatic rings. The van der Waals surface area contributed by atoms with Gasteiger partial charge in [-0.05, 0) is 20.5 Å². The van der Waals surface area contributed by atoms with Crippen molar-refractivity contribution >= 4 is 6.03 Å². The van der Waals surface area contributed by atoms with Crippen LogP contribution < -0.4 is 10.6 Å². The first-order chi connectivity index (χ1) is 8.18. The minimum atomic E-state index is -0.142. The number of likely N-dealkylation sites (N-methyl/N-ethyl adjacent to an activating group) is 1. The topological polar surface area (TPSA) is 62.8 Å². The summed E-state index contributed by atoms with van der Waals surface area (Å²) in [6.07, 6.45) is 0.896. The third-order valence-corrected chi connectivity index (χ3v) is 2.48. The third-order valence-electron chi connectivity index (χ3n) is 2.48. The highest BCUT2D eigenvalue weighted by Gasteiger charge is 2.16. The Balaban J connectivity index is 1.89. The summed E-state index contributed by atoms with van der Waals surface area (Å²) < 4.78 is 10.5. The third kappa shape index (κ3) is 7.14. The van der Waals surface area contributed by atoms with E-state index >= 15 is 0 Å². The average Bonchev–Trinajstić information content (AvgIpc) is 2.75. The fourth-order valence-electron chi connectivity index (χ4n) is 1.47. The molecule has 0 aromatic rings. The zero-order chi connectivity index (χ0) is 12.5. The van der Waals surface area contributed by atoms with Gasteiger partial charge in [0.05, 0.1) is 25.9 Å². The normalized spacial score (nSPS) is 19.6. The van der Waals surface area contributed by atoms with Crippen LogP contribution in [0.3, 0.4) is 0 Å². The Morgan fingerprint density at radius 2 is 2.29 bits per heavy atom. The van der Waals surface area contributed by atoms with Crippen LogP contribution in [0.5, 0.6) is 0 Å². The van der Waals surface area contributed by atoms with Gasteiger partial charge in [0.15, 0.2) is 0 Å². The highest BCUT2D eigenvalue weighted by molar-refractivity contribution is 5.74. The lowest BCUT2D eigenvalue weighted by Crippen LogP contribution is -2.43. The highest BCUT2D eigenvalue weighted by Crippen LogP contribution is 2.02. The molecule has 0 aromatic heterocycles. The van der Waals surface area contributed by atoms with Gasteiger partial charge >= 0.3 is 6.03 Å². The van der Waals surface area contributed by atoms with Crippen molar-refractivity contribution in [2.75, 3.05) is 53.6 Å². The lowest BCUT2D eigenvalue weighted by atomic mass is 10.3. The summed E-state index contributed by atoms with van der Waals surface area (Å²) in [4.78, 5) is 13.5. The summed E-state index contributed by atoms with van der Waals surface area (Å²) in [7, 11) is 4.00. The SMILES string of the molecule is CN(C)CCOCCNC(=O)NC1CCOC1. The number of carbonyl (C=O) groups excluding carboxylic acids is 1. The summed E-state index contributed by atoms with van der Waals surface area (Å²) in [6, 6.07) is 0.0152. The first-order valence-electron chi connectivity index (χ1n) is 6.03. The molecule has 6 heteroatoms. The van der Waals surface area contributed by atoms with Crippen molar-refractivity contribution < 1.29 is 14.3 Å². The van der Waals surface area contributed by atoms with Gasteiger partial charge in [-0.25, -0.2) is 4.79 Å². The molecule has 1 fully saturated rings. The van der Waals surface area contributed by atoms with Crippen LogP contribution in [0.1, 0.15) is 6.42 Å². The molecule has 1 aliphatic heterocycles. The van der Waals surface area contributed by atoms with E-state index in [1.54, 1.807) is 0 Å². The Kier molecular flexibility index (Phi) is 6.91. The molecule has 1 saturated heterocycles. The molecule has 0 aliphatic carbocycles. The second-order valence-corrected chi connectivity index (χ2v) is 4.38. The van der Waals surface area contributed by atoms with Crippen LogP contribution in [0, 0.1) is 0 Å². The molecule has 1 heterocycles. The molecule has 0 saturated carbocycles. The molecule has 1 atom stereocenters. The molecule has 0 aromatic carbocycles. The van der Waals surface area contributed by atoms with Crippen molar-refractivity contribution in [3.8, 4) is 0 Å². The average molecular weight is 245 g/mol. The highest BCUT2D eigenvalue weighted by atomic mass is 16.5. The van der Waals surface area contributed by atoms with Crippen molar-refractivity contribution in [2.24, 2.45) is 0 Å². The number of rotatable bonds is 7. The van der Waals surface area contributed by atoms with Gasteiger partial charge in [0, 0.05) is 19.7 Å². The Morgan fingerprint density at radius 1 is 1.47 bits per heavy atom. The van der Waals surface area contributed by atoms with E-state index in [9.17, 15) is 4.79 Å². The molecule has 0 spiro atoms. The zero-order valence-corrected chi connectivity index (χ0v) is 10.7. The molecular formula is C11H23N3O3. The Bertz CT molecular complexity index is 218. The van der Waals surface area contributed by atoms with Gasteiger partial charge in [0.25, 0.3) is 0 Å². The van der Waals surface area contributed by atoms with E-state index in [1.807, 2.05) is 14.1 Å². The summed E-state index contributed by atoms with van der Waals surface area (Å²) in [5.74, 6) is 0. The standard InChI is InChI=1S/C11H23N3O3/c1-14(2)5-8-16-7-4-12-11(15)13-10-3-6-17-9-10/h10H,3-9H2,1-2H3,(H2,12,13,15). The van der Waals surface area contributed by atoms with Crippen LogP contribution >= 0.6 is 0 Å². The van der Waals surface area contributed by atoms with Crippen LogP contribution in [0.4, 0.5) is 4.79 Å². The molecule has 2 N–H and O–H groups in total. The van der Waals surface area contributed by atoms with Crippen molar-refractivity contribution in [2.45, 2.75) is 12.5 Å². The Morgan fingerprint density at radius 3 is 2.94 bits per heavy atom. The van der Waals surface area contributed by atoms with Crippen LogP contribution in [0.2, 0.25) is 0 Å². The number of hydrogen-bond acceptors (Lipinski definition) is 4. The summed E-state index contributed by atoms with van der Waals surface area (Å²) in [5, 5.41) is 5.60. The van der Waals surface area contributed by atoms with E-state index in [2.05, 4.69) is 15.5 Å². The van der Waals surface area contributed by atoms with E-state index in [4.69, 9.17) is 9.47 Å². The summed E-state index contributed by atoms with van der Waals surface area (Å²) in [5.41, 5.74) is 0. The van der Waals surface area contributed by atoms with Gasteiger partial charge in [0.2, 0.25) is 0 Å². The molecule has 2 amide bonds. The molecule has 100 valence electrons. The molecule has 1 unspecified atom stereocenters. The number of hydrogen-bond donors (Lipinski definition) is 2. The lowest BCUT2D eigenvalue weighted by Gasteiger charge is -2.12. The van der Waals surface area contributed by atoms with Crippen molar-refractivity contribution in [1.29, 1.82) is 0 Å². The number of nitrogens with zero attached hydrogens (tertiary/aromatic N) is 1. The van der Waals surface area contributed by atoms with Crippen LogP contribution in [-0.4, -0.2) is 70.6 Å². The maximum Gasteiger partial charge on any atom is 0.315 e. The number of amides is 2. The van der Waals surface area contributed by atoms with Gasteiger partial charge < -0.3 is 25.0 Å². The van der Waals surface area contributed by atoms with E-state index in [-0.39, 0.29) is 12.1 Å². The van der Waals surface area contributed by atoms with E-state index in [0.29, 0.717) is 26.4 Å². The van der Waals surface area contributed by atoms with Crippen molar-refractivity contribution in [3.63, 3.8) is 0 Å². The van der Waals surface area contributed by atoms with Crippen LogP contribution in [0.15, 0.2) is 0 Å². The monoisotopic (exact) mass is 245 g/mol. The van der Waals surface area contributed by atoms with E-state index < -0.39 is 0 Å². The molecule has 6 nitrogen and oxygen atoms in total. The number of nitrogens with one attached hydrogen (secondary N) is 2. The summed E-state index contributed by atoms with van der Waals surface area (Å²) in [6.45, 7) is 4.01. The molecule has 1 rings (SSSR count). The number of carbonyl (C=O) groups is 1. The predicted molar refractivity (Wildman–Crippen MR) is 65.1 cm³/mol. The van der Waals surface area contributed by atoms with Crippen LogP contribution in [-0.2, 0) is 9.47 Å². The fraction of sp³-hybridized carbons (Fsp3) is 0.909. The van der Waals surface area contributed by atoms with Gasteiger partial charge in [0.1, 0.15) is 0 Å². The largest absolute Gasteiger partial charge is 0.379 e. The number of ether oxygens (including phenoxy) is 2. The smallest absolute Gasteiger partial charge is 0.315 e. The van der Waals surface area contributed by atoms with E-state index in [0.717, 1.165) is 19.6 Å². The quantitative estimate of drug-likeness (QED) is 0.602. The minimum absolute atomic E-state index is 0.142. The second kappa shape index (κ2) is 8.27. The second-order valence-electron chi connectivity index (χ2n) is 4.38. The van der Waals surface area contributed by atoms with Gasteiger partial charge in [-0.2, -0.15) is 0 Å². The van der Waals surface area contributed by atoms with Gasteiger partial charge in [-0.1, -0.05) is 0 Å². The molecule has 17 heavy (non-hydrogen) atoms. The molecule has 0 radical (unpaired) electrons. The van der Waals surface area contributed by atoms with Crippen LogP contribution in [0.25, 0.3) is 0 Å². The lowest BCUT2D eigenvalue weighted by molar-refractivity contribution is 0.120. The number of urea groups is 1. The summed E-state index contributed by atoms with van der Waals surface area (Å²) >= 11 is 0. The predicted octanol–water partition coefficient (Wildman–Crippen LogP) is -0.347. The maximum absolute atomic E-state index is 11.4. The Hall–Kier alpha value is -0.850. The molecular weight excluding hydrogens is 222 g/mol. The Labute approximate surface area is 103 Å². The van der Waals surface area contributed by atoms with Crippen molar-refractivity contribution in [1.82, 2.24) is 15.5 Å². The van der Waals surface area contributed by atoms with Gasteiger partial charge in [-0.15, -0.1) is 0 Å². The minimum Gasteiger partial charge on any atom is -0.379 e. The van der Waals surface area contributed by atoms with Gasteiger partial charge in [-0.3, -0.25) is 0 Å². The van der Waals surface area contributed by atoms with E-state index in [1.165, 1.54) is 0 Å². The first-order valence-corrected chi connectivity index (χ1v) is 6.03. The molecule has 0 bridgehead atoms. The first kappa shape index (κ1) is 14.2. The zero-order valence-electron chi connectivity index (χ0n) is 10.7. The maximum atomic E-state index is 11.4. The van der Waals surface area contributed by atoms with Crippen molar-refractivity contribution in [3.05, 3.63) is 0 Å². The fourth-order valence-corrected chi connectivity index (χ4v) is 1.47.